The number of ether oxygens (including phenoxy) is 2. The van der Waals surface area contributed by atoms with Gasteiger partial charge >= 0.3 is 0 Å². The number of rotatable bonds is 2. The van der Waals surface area contributed by atoms with Gasteiger partial charge in [-0.1, -0.05) is 23.2 Å². The molecule has 13 heavy (non-hydrogen) atoms. The van der Waals surface area contributed by atoms with E-state index in [1.807, 2.05) is 0 Å². The van der Waals surface area contributed by atoms with Crippen LogP contribution in [0.5, 0.6) is 0 Å². The smallest absolute Gasteiger partial charge is 0.227 e. The number of halogens is 2. The lowest BCUT2D eigenvalue weighted by Gasteiger charge is -2.29. The van der Waals surface area contributed by atoms with Gasteiger partial charge in [0, 0.05) is 26.4 Å². The fourth-order valence-corrected chi connectivity index (χ4v) is 1.49. The van der Waals surface area contributed by atoms with Crippen LogP contribution >= 0.6 is 23.2 Å². The molecule has 1 aliphatic rings. The van der Waals surface area contributed by atoms with Crippen LogP contribution in [0.15, 0.2) is 22.2 Å². The van der Waals surface area contributed by atoms with Crippen molar-refractivity contribution >= 4 is 29.0 Å². The minimum atomic E-state index is -1.22. The first-order valence-electron chi connectivity index (χ1n) is 3.46. The summed E-state index contributed by atoms with van der Waals surface area (Å²) in [6.07, 6.45) is 2.51. The van der Waals surface area contributed by atoms with E-state index in [4.69, 9.17) is 32.7 Å². The van der Waals surface area contributed by atoms with Gasteiger partial charge in [-0.2, -0.15) is 0 Å². The first kappa shape index (κ1) is 10.7. The van der Waals surface area contributed by atoms with Crippen LogP contribution in [0.3, 0.4) is 0 Å². The second-order valence-corrected chi connectivity index (χ2v) is 3.24. The molecule has 0 unspecified atom stereocenters. The van der Waals surface area contributed by atoms with Crippen LogP contribution in [0, 0.1) is 0 Å². The fourth-order valence-electron chi connectivity index (χ4n) is 0.988. The number of carbonyl (C=O) groups is 1. The molecule has 1 aliphatic carbocycles. The third-order valence-corrected chi connectivity index (χ3v) is 2.42. The lowest BCUT2D eigenvalue weighted by molar-refractivity contribution is -0.139. The molecule has 72 valence electrons. The standard InChI is InChI=1S/C8H8Cl2O3/c1-12-8(13-2)4-5(9)6(11)3-7(8)10/h3-4H,1-2H3. The second kappa shape index (κ2) is 3.80. The highest BCUT2D eigenvalue weighted by atomic mass is 35.5. The maximum atomic E-state index is 11.1. The number of ketones is 1. The summed E-state index contributed by atoms with van der Waals surface area (Å²) in [6, 6.07) is 0. The maximum Gasteiger partial charge on any atom is 0.227 e. The van der Waals surface area contributed by atoms with Crippen molar-refractivity contribution in [3.8, 4) is 0 Å². The predicted molar refractivity (Wildman–Crippen MR) is 49.6 cm³/mol. The highest BCUT2D eigenvalue weighted by Crippen LogP contribution is 2.33. The van der Waals surface area contributed by atoms with Gasteiger partial charge in [0.25, 0.3) is 0 Å². The summed E-state index contributed by atoms with van der Waals surface area (Å²) < 4.78 is 10.0. The third kappa shape index (κ3) is 1.79. The normalized spacial score (nSPS) is 21.1. The van der Waals surface area contributed by atoms with Crippen molar-refractivity contribution < 1.29 is 14.3 Å². The van der Waals surface area contributed by atoms with Crippen LogP contribution < -0.4 is 0 Å². The summed E-state index contributed by atoms with van der Waals surface area (Å²) in [6.45, 7) is 0. The van der Waals surface area contributed by atoms with Gasteiger partial charge in [0.1, 0.15) is 0 Å². The van der Waals surface area contributed by atoms with Gasteiger partial charge in [-0.3, -0.25) is 4.79 Å². The molecule has 0 aromatic rings. The van der Waals surface area contributed by atoms with Gasteiger partial charge in [-0.15, -0.1) is 0 Å². The highest BCUT2D eigenvalue weighted by Gasteiger charge is 2.36. The quantitative estimate of drug-likeness (QED) is 0.669. The van der Waals surface area contributed by atoms with Crippen LogP contribution in [0.1, 0.15) is 0 Å². The third-order valence-electron chi connectivity index (χ3n) is 1.75. The maximum absolute atomic E-state index is 11.1. The van der Waals surface area contributed by atoms with Crippen molar-refractivity contribution in [2.24, 2.45) is 0 Å². The van der Waals surface area contributed by atoms with Gasteiger partial charge in [0.2, 0.25) is 5.79 Å². The van der Waals surface area contributed by atoms with Gasteiger partial charge in [-0.05, 0) is 0 Å². The Morgan fingerprint density at radius 1 is 1.31 bits per heavy atom. The minimum absolute atomic E-state index is 0.0353. The Morgan fingerprint density at radius 3 is 2.31 bits per heavy atom. The number of hydrogen-bond donors (Lipinski definition) is 0. The molecule has 1 rings (SSSR count). The molecule has 0 fully saturated rings. The number of carbonyl (C=O) groups excluding carboxylic acids is 1. The van der Waals surface area contributed by atoms with E-state index in [-0.39, 0.29) is 15.8 Å². The molecule has 0 aliphatic heterocycles. The SMILES string of the molecule is COC1(OC)C=C(Cl)C(=O)C=C1Cl. The highest BCUT2D eigenvalue weighted by molar-refractivity contribution is 6.46. The van der Waals surface area contributed by atoms with E-state index < -0.39 is 5.79 Å². The Balaban J connectivity index is 3.12. The predicted octanol–water partition coefficient (Wildman–Crippen LogP) is 1.80. The fraction of sp³-hybridized carbons (Fsp3) is 0.375. The lowest BCUT2D eigenvalue weighted by Crippen LogP contribution is -2.35. The molecular weight excluding hydrogens is 215 g/mol. The van der Waals surface area contributed by atoms with E-state index in [0.29, 0.717) is 0 Å². The summed E-state index contributed by atoms with van der Waals surface area (Å²) >= 11 is 11.4. The van der Waals surface area contributed by atoms with E-state index >= 15 is 0 Å². The molecule has 0 aromatic heterocycles. The molecule has 0 amide bonds. The monoisotopic (exact) mass is 222 g/mol. The molecule has 0 bridgehead atoms. The first-order chi connectivity index (χ1) is 6.05. The van der Waals surface area contributed by atoms with Crippen molar-refractivity contribution in [3.63, 3.8) is 0 Å². The Morgan fingerprint density at radius 2 is 1.85 bits per heavy atom. The molecule has 0 saturated carbocycles. The zero-order valence-electron chi connectivity index (χ0n) is 7.14. The first-order valence-corrected chi connectivity index (χ1v) is 4.22. The average Bonchev–Trinajstić information content (AvgIpc) is 2.12. The van der Waals surface area contributed by atoms with Gasteiger partial charge in [0.15, 0.2) is 5.78 Å². The number of methoxy groups -OCH3 is 2. The topological polar surface area (TPSA) is 35.5 Å². The van der Waals surface area contributed by atoms with E-state index in [0.717, 1.165) is 0 Å². The summed E-state index contributed by atoms with van der Waals surface area (Å²) in [5, 5.41) is 0.194. The molecule has 0 saturated heterocycles. The molecule has 0 radical (unpaired) electrons. The van der Waals surface area contributed by atoms with Gasteiger partial charge in [-0.25, -0.2) is 0 Å². The van der Waals surface area contributed by atoms with Crippen LogP contribution in [0.25, 0.3) is 0 Å². The molecule has 5 heteroatoms. The molecule has 0 spiro atoms. The Hall–Kier alpha value is -0.350. The Kier molecular flexibility index (Phi) is 3.14. The molecule has 0 atom stereocenters. The van der Waals surface area contributed by atoms with E-state index in [2.05, 4.69) is 0 Å². The zero-order valence-corrected chi connectivity index (χ0v) is 8.65. The molecule has 3 nitrogen and oxygen atoms in total. The molecular formula is C8H8Cl2O3. The summed E-state index contributed by atoms with van der Waals surface area (Å²) in [7, 11) is 2.83. The molecule has 0 aromatic carbocycles. The van der Waals surface area contributed by atoms with E-state index in [9.17, 15) is 4.79 Å². The zero-order chi connectivity index (χ0) is 10.1. The number of allylic oxidation sites excluding steroid dienone is 2. The van der Waals surface area contributed by atoms with Crippen molar-refractivity contribution in [3.05, 3.63) is 22.2 Å². The van der Waals surface area contributed by atoms with Crippen molar-refractivity contribution in [2.75, 3.05) is 14.2 Å². The summed E-state index contributed by atoms with van der Waals surface area (Å²) in [4.78, 5) is 11.1. The Bertz CT molecular complexity index is 290. The van der Waals surface area contributed by atoms with Crippen LogP contribution in [0.2, 0.25) is 0 Å². The molecule has 0 heterocycles. The van der Waals surface area contributed by atoms with E-state index in [1.54, 1.807) is 0 Å². The van der Waals surface area contributed by atoms with Crippen molar-refractivity contribution in [2.45, 2.75) is 5.79 Å². The van der Waals surface area contributed by atoms with Crippen LogP contribution in [-0.2, 0) is 14.3 Å². The average molecular weight is 223 g/mol. The van der Waals surface area contributed by atoms with Crippen LogP contribution in [-0.4, -0.2) is 25.8 Å². The van der Waals surface area contributed by atoms with Crippen LogP contribution in [0.4, 0.5) is 0 Å². The van der Waals surface area contributed by atoms with Gasteiger partial charge in [0.05, 0.1) is 10.1 Å². The summed E-state index contributed by atoms with van der Waals surface area (Å²) in [5.41, 5.74) is 0. The van der Waals surface area contributed by atoms with E-state index in [1.165, 1.54) is 26.4 Å². The van der Waals surface area contributed by atoms with Gasteiger partial charge < -0.3 is 9.47 Å². The number of hydrogen-bond acceptors (Lipinski definition) is 3. The largest absolute Gasteiger partial charge is 0.345 e. The lowest BCUT2D eigenvalue weighted by atomic mass is 10.1. The summed E-state index contributed by atoms with van der Waals surface area (Å²) in [5.74, 6) is -1.57. The second-order valence-electron chi connectivity index (χ2n) is 2.42. The minimum Gasteiger partial charge on any atom is -0.345 e. The Labute approximate surface area is 85.9 Å². The van der Waals surface area contributed by atoms with Crippen molar-refractivity contribution in [1.29, 1.82) is 0 Å². The molecule has 0 N–H and O–H groups in total. The van der Waals surface area contributed by atoms with Crippen molar-refractivity contribution in [1.82, 2.24) is 0 Å².